The van der Waals surface area contributed by atoms with Crippen molar-refractivity contribution in [2.24, 2.45) is 0 Å². The van der Waals surface area contributed by atoms with E-state index >= 15 is 0 Å². The number of carboxylic acid groups (broad SMARTS) is 1. The number of thioether (sulfide) groups is 1. The van der Waals surface area contributed by atoms with Crippen LogP contribution >= 0.6 is 23.1 Å². The highest BCUT2D eigenvalue weighted by atomic mass is 32.2. The number of nitrogens with one attached hydrogen (secondary N) is 1. The third kappa shape index (κ3) is 3.22. The summed E-state index contributed by atoms with van der Waals surface area (Å²) >= 11 is 3.19. The molecule has 2 heterocycles. The molecule has 7 heteroatoms. The molecule has 1 aliphatic heterocycles. The van der Waals surface area contributed by atoms with E-state index in [1.54, 1.807) is 30.2 Å². The number of aliphatic carboxylic acids is 1. The van der Waals surface area contributed by atoms with E-state index in [-0.39, 0.29) is 10.1 Å². The SMILES string of the molecule is COc1ccc(-c2cnc(C3NC(C(=O)O)C(C)(C)S3)s2)cc1. The summed E-state index contributed by atoms with van der Waals surface area (Å²) in [6.45, 7) is 3.89. The fraction of sp³-hybridized carbons (Fsp3) is 0.375. The van der Waals surface area contributed by atoms with Crippen LogP contribution in [0, 0.1) is 0 Å². The largest absolute Gasteiger partial charge is 0.497 e. The number of aromatic nitrogens is 1. The Bertz CT molecular complexity index is 712. The van der Waals surface area contributed by atoms with Crippen molar-refractivity contribution in [3.63, 3.8) is 0 Å². The van der Waals surface area contributed by atoms with E-state index in [0.717, 1.165) is 21.2 Å². The number of thiazole rings is 1. The van der Waals surface area contributed by atoms with E-state index < -0.39 is 12.0 Å². The van der Waals surface area contributed by atoms with Gasteiger partial charge in [-0.1, -0.05) is 0 Å². The second-order valence-corrected chi connectivity index (χ2v) is 8.65. The molecule has 0 saturated carbocycles. The van der Waals surface area contributed by atoms with Gasteiger partial charge in [-0.3, -0.25) is 10.1 Å². The number of ether oxygens (including phenoxy) is 1. The highest BCUT2D eigenvalue weighted by Crippen LogP contribution is 2.47. The molecule has 23 heavy (non-hydrogen) atoms. The first-order valence-electron chi connectivity index (χ1n) is 7.17. The lowest BCUT2D eigenvalue weighted by molar-refractivity contribution is -0.139. The smallest absolute Gasteiger partial charge is 0.322 e. The van der Waals surface area contributed by atoms with Gasteiger partial charge in [0.15, 0.2) is 0 Å². The van der Waals surface area contributed by atoms with E-state index in [9.17, 15) is 9.90 Å². The van der Waals surface area contributed by atoms with Gasteiger partial charge in [0.25, 0.3) is 0 Å². The molecule has 2 unspecified atom stereocenters. The quantitative estimate of drug-likeness (QED) is 0.881. The summed E-state index contributed by atoms with van der Waals surface area (Å²) in [6.07, 6.45) is 1.84. The fourth-order valence-corrected chi connectivity index (χ4v) is 4.98. The lowest BCUT2D eigenvalue weighted by Gasteiger charge is -2.20. The first-order chi connectivity index (χ1) is 10.9. The Morgan fingerprint density at radius 3 is 2.61 bits per heavy atom. The Labute approximate surface area is 143 Å². The molecular weight excluding hydrogens is 332 g/mol. The number of carbonyl (C=O) groups is 1. The van der Waals surface area contributed by atoms with Gasteiger partial charge >= 0.3 is 5.97 Å². The molecule has 0 bridgehead atoms. The maximum atomic E-state index is 11.4. The van der Waals surface area contributed by atoms with Crippen LogP contribution in [0.2, 0.25) is 0 Å². The van der Waals surface area contributed by atoms with Crippen LogP contribution in [0.5, 0.6) is 5.75 Å². The van der Waals surface area contributed by atoms with E-state index in [2.05, 4.69) is 10.3 Å². The van der Waals surface area contributed by atoms with Crippen molar-refractivity contribution >= 4 is 29.1 Å². The second-order valence-electron chi connectivity index (χ2n) is 5.83. The molecule has 3 rings (SSSR count). The summed E-state index contributed by atoms with van der Waals surface area (Å²) in [6, 6.07) is 7.25. The number of hydrogen-bond donors (Lipinski definition) is 2. The number of methoxy groups -OCH3 is 1. The van der Waals surface area contributed by atoms with Gasteiger partial charge in [-0.05, 0) is 43.7 Å². The first kappa shape index (κ1) is 16.3. The molecule has 1 fully saturated rings. The van der Waals surface area contributed by atoms with E-state index in [1.807, 2.05) is 44.3 Å². The van der Waals surface area contributed by atoms with Crippen molar-refractivity contribution in [1.29, 1.82) is 0 Å². The van der Waals surface area contributed by atoms with Crippen molar-refractivity contribution in [3.05, 3.63) is 35.5 Å². The minimum atomic E-state index is -0.822. The van der Waals surface area contributed by atoms with Crippen LogP contribution in [-0.2, 0) is 4.79 Å². The lowest BCUT2D eigenvalue weighted by Crippen LogP contribution is -2.43. The molecule has 2 N–H and O–H groups in total. The van der Waals surface area contributed by atoms with Gasteiger partial charge in [0.05, 0.1) is 12.0 Å². The van der Waals surface area contributed by atoms with Crippen molar-refractivity contribution in [3.8, 4) is 16.2 Å². The third-order valence-electron chi connectivity index (χ3n) is 3.80. The molecule has 0 aliphatic carbocycles. The van der Waals surface area contributed by atoms with Gasteiger partial charge in [0.2, 0.25) is 0 Å². The monoisotopic (exact) mass is 350 g/mol. The Morgan fingerprint density at radius 2 is 2.04 bits per heavy atom. The first-order valence-corrected chi connectivity index (χ1v) is 8.87. The van der Waals surface area contributed by atoms with Crippen molar-refractivity contribution in [1.82, 2.24) is 10.3 Å². The highest BCUT2D eigenvalue weighted by molar-refractivity contribution is 8.01. The van der Waals surface area contributed by atoms with Crippen molar-refractivity contribution < 1.29 is 14.6 Å². The van der Waals surface area contributed by atoms with Crippen LogP contribution in [0.15, 0.2) is 30.5 Å². The molecule has 2 atom stereocenters. The van der Waals surface area contributed by atoms with Gasteiger partial charge in [-0.25, -0.2) is 4.98 Å². The van der Waals surface area contributed by atoms with E-state index in [4.69, 9.17) is 4.74 Å². The second kappa shape index (κ2) is 6.14. The van der Waals surface area contributed by atoms with Crippen molar-refractivity contribution in [2.75, 3.05) is 7.11 Å². The topological polar surface area (TPSA) is 71.5 Å². The number of hydrogen-bond acceptors (Lipinski definition) is 6. The zero-order valence-electron chi connectivity index (χ0n) is 13.1. The van der Waals surface area contributed by atoms with E-state index in [1.165, 1.54) is 0 Å². The number of carboxylic acids is 1. The fourth-order valence-electron chi connectivity index (χ4n) is 2.55. The predicted octanol–water partition coefficient (Wildman–Crippen LogP) is 3.39. The Balaban J connectivity index is 1.81. The molecule has 1 aromatic carbocycles. The lowest BCUT2D eigenvalue weighted by atomic mass is 10.0. The normalized spacial score (nSPS) is 22.9. The summed E-state index contributed by atoms with van der Waals surface area (Å²) in [5.41, 5.74) is 1.08. The number of nitrogens with zero attached hydrogens (tertiary/aromatic N) is 1. The zero-order valence-corrected chi connectivity index (χ0v) is 14.7. The van der Waals surface area contributed by atoms with Gasteiger partial charge in [0, 0.05) is 10.9 Å². The van der Waals surface area contributed by atoms with Gasteiger partial charge in [0.1, 0.15) is 22.2 Å². The zero-order chi connectivity index (χ0) is 16.6. The van der Waals surface area contributed by atoms with Crippen LogP contribution in [0.25, 0.3) is 10.4 Å². The molecule has 0 amide bonds. The van der Waals surface area contributed by atoms with Crippen LogP contribution in [-0.4, -0.2) is 34.0 Å². The number of benzene rings is 1. The Hall–Kier alpha value is -1.57. The molecule has 1 saturated heterocycles. The molecule has 0 radical (unpaired) electrons. The van der Waals surface area contributed by atoms with Crippen LogP contribution in [0.3, 0.4) is 0 Å². The molecule has 0 spiro atoms. The Kier molecular flexibility index (Phi) is 4.35. The summed E-state index contributed by atoms with van der Waals surface area (Å²) in [5.74, 6) is -0.00510. The summed E-state index contributed by atoms with van der Waals surface area (Å²) in [7, 11) is 1.64. The summed E-state index contributed by atoms with van der Waals surface area (Å²) in [5, 5.41) is 13.3. The Morgan fingerprint density at radius 1 is 1.35 bits per heavy atom. The standard InChI is InChI=1S/C16H18N2O3S2/c1-16(2)12(15(19)20)18-14(23-16)13-17-8-11(22-13)9-4-6-10(21-3)7-5-9/h4-8,12,14,18H,1-3H3,(H,19,20). The minimum absolute atomic E-state index is 0.0944. The summed E-state index contributed by atoms with van der Waals surface area (Å²) < 4.78 is 4.79. The van der Waals surface area contributed by atoms with Gasteiger partial charge < -0.3 is 9.84 Å². The molecule has 5 nitrogen and oxygen atoms in total. The van der Waals surface area contributed by atoms with Gasteiger partial charge in [-0.2, -0.15) is 0 Å². The van der Waals surface area contributed by atoms with E-state index in [0.29, 0.717) is 0 Å². The van der Waals surface area contributed by atoms with Crippen LogP contribution in [0.4, 0.5) is 0 Å². The summed E-state index contributed by atoms with van der Waals surface area (Å²) in [4.78, 5) is 16.9. The van der Waals surface area contributed by atoms with Crippen LogP contribution < -0.4 is 10.1 Å². The van der Waals surface area contributed by atoms with Crippen LogP contribution in [0.1, 0.15) is 24.2 Å². The highest BCUT2D eigenvalue weighted by Gasteiger charge is 2.46. The molecule has 2 aromatic rings. The van der Waals surface area contributed by atoms with Gasteiger partial charge in [-0.15, -0.1) is 23.1 Å². The average Bonchev–Trinajstić information content (AvgIpc) is 3.11. The van der Waals surface area contributed by atoms with Crippen molar-refractivity contribution in [2.45, 2.75) is 30.0 Å². The molecular formula is C16H18N2O3S2. The molecule has 1 aliphatic rings. The molecule has 1 aromatic heterocycles. The third-order valence-corrected chi connectivity index (χ3v) is 6.50. The minimum Gasteiger partial charge on any atom is -0.497 e. The maximum absolute atomic E-state index is 11.4. The number of rotatable bonds is 4. The molecule has 122 valence electrons. The average molecular weight is 350 g/mol. The predicted molar refractivity (Wildman–Crippen MR) is 93.1 cm³/mol. The maximum Gasteiger partial charge on any atom is 0.322 e.